The molecule has 0 amide bonds. The minimum absolute atomic E-state index is 0. The van der Waals surface area contributed by atoms with Crippen molar-refractivity contribution < 1.29 is 9.47 Å². The minimum Gasteiger partial charge on any atom is -0.454 e. The van der Waals surface area contributed by atoms with Gasteiger partial charge in [0, 0.05) is 20.1 Å². The summed E-state index contributed by atoms with van der Waals surface area (Å²) < 4.78 is 11.7. The molecule has 0 spiro atoms. The van der Waals surface area contributed by atoms with Crippen molar-refractivity contribution in [1.82, 2.24) is 10.6 Å². The van der Waals surface area contributed by atoms with Crippen LogP contribution in [0.3, 0.4) is 0 Å². The van der Waals surface area contributed by atoms with Gasteiger partial charge in [-0.2, -0.15) is 0 Å². The molecule has 0 atom stereocenters. The zero-order valence-corrected chi connectivity index (χ0v) is 16.3. The highest BCUT2D eigenvalue weighted by Crippen LogP contribution is 2.39. The number of nitrogens with zero attached hydrogens (tertiary/aromatic N) is 1. The summed E-state index contributed by atoms with van der Waals surface area (Å²) in [5, 5.41) is 6.56. The highest BCUT2D eigenvalue weighted by Gasteiger charge is 2.17. The molecule has 1 aliphatic rings. The monoisotopic (exact) mass is 469 g/mol. The molecule has 0 bridgehead atoms. The van der Waals surface area contributed by atoms with Crippen LogP contribution in [0, 0.1) is 5.92 Å². The Kier molecular flexibility index (Phi) is 7.58. The largest absolute Gasteiger partial charge is 0.454 e. The average Bonchev–Trinajstić information content (AvgIpc) is 2.87. The highest BCUT2D eigenvalue weighted by molar-refractivity contribution is 14.0. The second-order valence-electron chi connectivity index (χ2n) is 5.01. The smallest absolute Gasteiger partial charge is 0.231 e. The number of halogens is 2. The molecule has 1 aromatic carbocycles. The number of rotatable bonds is 4. The van der Waals surface area contributed by atoms with Gasteiger partial charge in [-0.3, -0.25) is 4.99 Å². The van der Waals surface area contributed by atoms with Gasteiger partial charge in [0.25, 0.3) is 0 Å². The predicted molar refractivity (Wildman–Crippen MR) is 98.7 cm³/mol. The van der Waals surface area contributed by atoms with Crippen LogP contribution in [-0.4, -0.2) is 26.3 Å². The minimum atomic E-state index is 0. The van der Waals surface area contributed by atoms with Gasteiger partial charge in [0.05, 0.1) is 4.47 Å². The van der Waals surface area contributed by atoms with Crippen LogP contribution in [0.5, 0.6) is 11.5 Å². The zero-order chi connectivity index (χ0) is 14.5. The summed E-state index contributed by atoms with van der Waals surface area (Å²) in [5.74, 6) is 2.93. The van der Waals surface area contributed by atoms with E-state index in [1.54, 1.807) is 7.05 Å². The third-order valence-electron chi connectivity index (χ3n) is 2.85. The summed E-state index contributed by atoms with van der Waals surface area (Å²) in [6.45, 7) is 6.17. The van der Waals surface area contributed by atoms with Gasteiger partial charge in [-0.15, -0.1) is 24.0 Å². The SMILES string of the molecule is CN=C(NCc1cc(Br)c2c(c1)OCO2)NCC(C)C.I. The van der Waals surface area contributed by atoms with E-state index in [0.29, 0.717) is 12.5 Å². The lowest BCUT2D eigenvalue weighted by Gasteiger charge is -2.14. The van der Waals surface area contributed by atoms with E-state index in [1.807, 2.05) is 12.1 Å². The van der Waals surface area contributed by atoms with Gasteiger partial charge >= 0.3 is 0 Å². The molecule has 7 heteroatoms. The Hall–Kier alpha value is -0.700. The first-order chi connectivity index (χ1) is 9.60. The van der Waals surface area contributed by atoms with Gasteiger partial charge in [0.1, 0.15) is 0 Å². The normalized spacial score (nSPS) is 13.1. The highest BCUT2D eigenvalue weighted by atomic mass is 127. The van der Waals surface area contributed by atoms with Crippen LogP contribution in [0.25, 0.3) is 0 Å². The Labute approximate surface area is 151 Å². The van der Waals surface area contributed by atoms with Gasteiger partial charge < -0.3 is 20.1 Å². The number of hydrogen-bond donors (Lipinski definition) is 2. The van der Waals surface area contributed by atoms with Crippen molar-refractivity contribution in [2.45, 2.75) is 20.4 Å². The Morgan fingerprint density at radius 3 is 2.76 bits per heavy atom. The molecule has 118 valence electrons. The molecule has 2 N–H and O–H groups in total. The van der Waals surface area contributed by atoms with Crippen molar-refractivity contribution in [3.63, 3.8) is 0 Å². The van der Waals surface area contributed by atoms with E-state index in [1.165, 1.54) is 0 Å². The van der Waals surface area contributed by atoms with Gasteiger partial charge in [-0.1, -0.05) is 13.8 Å². The van der Waals surface area contributed by atoms with Crippen LogP contribution in [0.1, 0.15) is 19.4 Å². The summed E-state index contributed by atoms with van der Waals surface area (Å²) in [5.41, 5.74) is 1.11. The number of hydrogen-bond acceptors (Lipinski definition) is 3. The molecule has 2 rings (SSSR count). The molecule has 0 aliphatic carbocycles. The first-order valence-corrected chi connectivity index (χ1v) is 7.42. The van der Waals surface area contributed by atoms with Crippen molar-refractivity contribution in [2.24, 2.45) is 10.9 Å². The molecule has 0 aromatic heterocycles. The number of guanidine groups is 1. The lowest BCUT2D eigenvalue weighted by atomic mass is 10.2. The van der Waals surface area contributed by atoms with E-state index in [-0.39, 0.29) is 30.8 Å². The van der Waals surface area contributed by atoms with Crippen LogP contribution in [0.2, 0.25) is 0 Å². The van der Waals surface area contributed by atoms with Gasteiger partial charge in [0.15, 0.2) is 17.5 Å². The van der Waals surface area contributed by atoms with Crippen molar-refractivity contribution in [1.29, 1.82) is 0 Å². The molecule has 1 heterocycles. The molecule has 21 heavy (non-hydrogen) atoms. The number of aliphatic imine (C=N–C) groups is 1. The maximum atomic E-state index is 5.41. The van der Waals surface area contributed by atoms with Crippen LogP contribution in [0.4, 0.5) is 0 Å². The summed E-state index contributed by atoms with van der Waals surface area (Å²) in [4.78, 5) is 4.20. The first kappa shape index (κ1) is 18.3. The fourth-order valence-electron chi connectivity index (χ4n) is 1.83. The lowest BCUT2D eigenvalue weighted by Crippen LogP contribution is -2.38. The van der Waals surface area contributed by atoms with E-state index in [9.17, 15) is 0 Å². The summed E-state index contributed by atoms with van der Waals surface area (Å²) in [7, 11) is 1.77. The maximum Gasteiger partial charge on any atom is 0.231 e. The molecule has 0 saturated carbocycles. The van der Waals surface area contributed by atoms with Crippen molar-refractivity contribution in [3.8, 4) is 11.5 Å². The van der Waals surface area contributed by atoms with Crippen molar-refractivity contribution >= 4 is 45.9 Å². The molecule has 5 nitrogen and oxygen atoms in total. The van der Waals surface area contributed by atoms with E-state index < -0.39 is 0 Å². The van der Waals surface area contributed by atoms with Gasteiger partial charge in [-0.05, 0) is 39.5 Å². The molecule has 1 aliphatic heterocycles. The molecule has 0 fully saturated rings. The predicted octanol–water partition coefficient (Wildman–Crippen LogP) is 3.12. The second-order valence-corrected chi connectivity index (χ2v) is 5.87. The van der Waals surface area contributed by atoms with Crippen molar-refractivity contribution in [2.75, 3.05) is 20.4 Å². The third-order valence-corrected chi connectivity index (χ3v) is 3.44. The quantitative estimate of drug-likeness (QED) is 0.404. The third kappa shape index (κ3) is 5.21. The fraction of sp³-hybridized carbons (Fsp3) is 0.500. The number of fused-ring (bicyclic) bond motifs is 1. The van der Waals surface area contributed by atoms with Crippen LogP contribution in [0.15, 0.2) is 21.6 Å². The molecule has 1 aromatic rings. The summed E-state index contributed by atoms with van der Waals surface area (Å²) in [6.07, 6.45) is 0. The Bertz CT molecular complexity index is 509. The van der Waals surface area contributed by atoms with E-state index in [0.717, 1.165) is 34.0 Å². The van der Waals surface area contributed by atoms with E-state index in [2.05, 4.69) is 45.4 Å². The maximum absolute atomic E-state index is 5.41. The molecule has 0 saturated heterocycles. The van der Waals surface area contributed by atoms with Crippen molar-refractivity contribution in [3.05, 3.63) is 22.2 Å². The Balaban J connectivity index is 0.00000220. The zero-order valence-electron chi connectivity index (χ0n) is 12.4. The second kappa shape index (κ2) is 8.67. The average molecular weight is 470 g/mol. The Morgan fingerprint density at radius 2 is 2.10 bits per heavy atom. The topological polar surface area (TPSA) is 54.9 Å². The van der Waals surface area contributed by atoms with Gasteiger partial charge in [-0.25, -0.2) is 0 Å². The van der Waals surface area contributed by atoms with Crippen LogP contribution < -0.4 is 20.1 Å². The van der Waals surface area contributed by atoms with E-state index >= 15 is 0 Å². The van der Waals surface area contributed by atoms with Crippen LogP contribution in [-0.2, 0) is 6.54 Å². The first-order valence-electron chi connectivity index (χ1n) is 6.62. The van der Waals surface area contributed by atoms with Crippen LogP contribution >= 0.6 is 39.9 Å². The number of ether oxygens (including phenoxy) is 2. The van der Waals surface area contributed by atoms with Gasteiger partial charge in [0.2, 0.25) is 6.79 Å². The molecular formula is C14H21BrIN3O2. The Morgan fingerprint density at radius 1 is 1.33 bits per heavy atom. The molecule has 0 unspecified atom stereocenters. The fourth-order valence-corrected chi connectivity index (χ4v) is 2.43. The number of benzene rings is 1. The summed E-state index contributed by atoms with van der Waals surface area (Å²) >= 11 is 3.49. The molecule has 0 radical (unpaired) electrons. The summed E-state index contributed by atoms with van der Waals surface area (Å²) in [6, 6.07) is 4.01. The molecular weight excluding hydrogens is 449 g/mol. The standard InChI is InChI=1S/C14H20BrN3O2.HI/c1-9(2)6-17-14(16-3)18-7-10-4-11(15)13-12(5-10)19-8-20-13;/h4-5,9H,6-8H2,1-3H3,(H2,16,17,18);1H. The van der Waals surface area contributed by atoms with E-state index in [4.69, 9.17) is 9.47 Å². The lowest BCUT2D eigenvalue weighted by molar-refractivity contribution is 0.173. The number of nitrogens with one attached hydrogen (secondary N) is 2.